The number of methoxy groups -OCH3 is 2. The zero-order valence-electron chi connectivity index (χ0n) is 36.0. The minimum Gasteiger partial charge on any atom is -0.497 e. The van der Waals surface area contributed by atoms with Crippen molar-refractivity contribution in [1.29, 1.82) is 0 Å². The first kappa shape index (κ1) is 40.5. The van der Waals surface area contributed by atoms with Crippen molar-refractivity contribution in [1.82, 2.24) is 19.9 Å². The van der Waals surface area contributed by atoms with E-state index in [0.29, 0.717) is 5.56 Å². The summed E-state index contributed by atoms with van der Waals surface area (Å²) in [5, 5.41) is 0. The molecule has 0 radical (unpaired) electrons. The fourth-order valence-corrected chi connectivity index (χ4v) is 9.57. The molecule has 0 unspecified atom stereocenters. The predicted octanol–water partition coefficient (Wildman–Crippen LogP) is 13.2. The van der Waals surface area contributed by atoms with Crippen LogP contribution >= 0.6 is 0 Å². The van der Waals surface area contributed by atoms with Crippen LogP contribution in [0.2, 0.25) is 0 Å². The van der Waals surface area contributed by atoms with E-state index < -0.39 is 0 Å². The number of hydrogen-bond acceptors (Lipinski definition) is 5. The molecule has 7 nitrogen and oxygen atoms in total. The Morgan fingerprint density at radius 3 is 1.47 bits per heavy atom. The van der Waals surface area contributed by atoms with Gasteiger partial charge in [0.15, 0.2) is 0 Å². The maximum atomic E-state index is 13.6. The standard InChI is InChI=1S/C51H58N4O3/c1-11-31-35(15-5)47-45(29-23-25-30(57-9)26-24-29)48-36(16-6)32(12-2)42(53-48)28-44-34(14-4)38(18-8)50(55-44)46(39-21-19-20-22-40(39)51(56)58-10)49-37(17-7)33(13-3)43(54-49)27-41(31)52-47/h19-28,52,55H,11-18H2,1-10H3. The van der Waals surface area contributed by atoms with Crippen LogP contribution in [0.1, 0.15) is 136 Å². The highest BCUT2D eigenvalue weighted by Gasteiger charge is 2.29. The van der Waals surface area contributed by atoms with Gasteiger partial charge in [-0.1, -0.05) is 85.7 Å². The molecule has 8 bridgehead atoms. The van der Waals surface area contributed by atoms with Gasteiger partial charge in [-0.3, -0.25) is 0 Å². The van der Waals surface area contributed by atoms with E-state index in [2.05, 4.69) is 89.6 Å². The Morgan fingerprint density at radius 2 is 1.02 bits per heavy atom. The Bertz CT molecular complexity index is 2630. The molecule has 58 heavy (non-hydrogen) atoms. The molecular weight excluding hydrogens is 717 g/mol. The van der Waals surface area contributed by atoms with Gasteiger partial charge in [0.2, 0.25) is 0 Å². The third-order valence-corrected chi connectivity index (χ3v) is 12.2. The number of rotatable bonds is 12. The normalized spacial score (nSPS) is 12.8. The van der Waals surface area contributed by atoms with Crippen LogP contribution in [0.3, 0.4) is 0 Å². The summed E-state index contributed by atoms with van der Waals surface area (Å²) in [7, 11) is 3.16. The van der Waals surface area contributed by atoms with Crippen LogP contribution in [-0.2, 0) is 30.4 Å². The molecule has 2 N–H and O–H groups in total. The molecule has 0 saturated carbocycles. The van der Waals surface area contributed by atoms with E-state index in [-0.39, 0.29) is 5.97 Å². The smallest absolute Gasteiger partial charge is 0.338 e. The van der Waals surface area contributed by atoms with Crippen LogP contribution in [0.4, 0.5) is 0 Å². The van der Waals surface area contributed by atoms with Gasteiger partial charge >= 0.3 is 5.97 Å². The molecule has 0 atom stereocenters. The van der Waals surface area contributed by atoms with Gasteiger partial charge < -0.3 is 19.4 Å². The van der Waals surface area contributed by atoms with Gasteiger partial charge in [-0.05, 0) is 132 Å². The van der Waals surface area contributed by atoms with Crippen LogP contribution < -0.4 is 4.74 Å². The molecule has 7 rings (SSSR count). The number of hydrogen-bond donors (Lipinski definition) is 2. The van der Waals surface area contributed by atoms with Gasteiger partial charge in [0.1, 0.15) is 5.75 Å². The molecule has 0 amide bonds. The summed E-state index contributed by atoms with van der Waals surface area (Å²) in [5.74, 6) is 0.450. The second kappa shape index (κ2) is 17.0. The number of esters is 1. The number of aromatic nitrogens is 4. The monoisotopic (exact) mass is 774 g/mol. The lowest BCUT2D eigenvalue weighted by Crippen LogP contribution is -2.04. The van der Waals surface area contributed by atoms with Crippen molar-refractivity contribution in [2.75, 3.05) is 14.2 Å². The van der Waals surface area contributed by atoms with E-state index in [1.165, 1.54) is 51.7 Å². The minimum absolute atomic E-state index is 0.370. The van der Waals surface area contributed by atoms with Gasteiger partial charge in [0.25, 0.3) is 0 Å². The Morgan fingerprint density at radius 1 is 0.552 bits per heavy atom. The molecule has 2 aliphatic rings. The fourth-order valence-electron chi connectivity index (χ4n) is 9.57. The quantitative estimate of drug-likeness (QED) is 0.123. The van der Waals surface area contributed by atoms with Gasteiger partial charge in [0, 0.05) is 27.7 Å². The molecule has 5 heterocycles. The zero-order chi connectivity index (χ0) is 41.2. The summed E-state index contributed by atoms with van der Waals surface area (Å²) in [4.78, 5) is 32.8. The molecule has 0 fully saturated rings. The van der Waals surface area contributed by atoms with Crippen LogP contribution in [0.5, 0.6) is 5.75 Å². The van der Waals surface area contributed by atoms with E-state index in [0.717, 1.165) is 124 Å². The molecule has 5 aromatic rings. The average molecular weight is 775 g/mol. The minimum atomic E-state index is -0.370. The van der Waals surface area contributed by atoms with Crippen LogP contribution in [0.25, 0.3) is 66.6 Å². The van der Waals surface area contributed by atoms with E-state index in [1.807, 2.05) is 36.4 Å². The van der Waals surface area contributed by atoms with Crippen LogP contribution in [0, 0.1) is 0 Å². The number of ether oxygens (including phenoxy) is 2. The highest BCUT2D eigenvalue weighted by atomic mass is 16.5. The van der Waals surface area contributed by atoms with Gasteiger partial charge in [0.05, 0.1) is 53.6 Å². The Kier molecular flexibility index (Phi) is 11.9. The molecule has 300 valence electrons. The van der Waals surface area contributed by atoms with Gasteiger partial charge in [-0.25, -0.2) is 14.8 Å². The fraction of sp³-hybridized carbons (Fsp3) is 0.353. The number of nitrogens with zero attached hydrogens (tertiary/aromatic N) is 2. The molecule has 7 heteroatoms. The lowest BCUT2D eigenvalue weighted by Gasteiger charge is -2.13. The first-order valence-corrected chi connectivity index (χ1v) is 21.4. The first-order valence-electron chi connectivity index (χ1n) is 21.4. The summed E-state index contributed by atoms with van der Waals surface area (Å²) >= 11 is 0. The molecular formula is C51H58N4O3. The molecule has 0 spiro atoms. The summed E-state index contributed by atoms with van der Waals surface area (Å²) < 4.78 is 11.0. The lowest BCUT2D eigenvalue weighted by atomic mass is 9.91. The lowest BCUT2D eigenvalue weighted by molar-refractivity contribution is 0.0601. The summed E-state index contributed by atoms with van der Waals surface area (Å²) in [6, 6.07) is 20.8. The number of carbonyl (C=O) groups is 1. The predicted molar refractivity (Wildman–Crippen MR) is 242 cm³/mol. The van der Waals surface area contributed by atoms with Crippen molar-refractivity contribution in [2.24, 2.45) is 0 Å². The van der Waals surface area contributed by atoms with E-state index in [1.54, 1.807) is 7.11 Å². The molecule has 3 aromatic heterocycles. The number of carbonyl (C=O) groups excluding carboxylic acids is 1. The number of fused-ring (bicyclic) bond motifs is 8. The Balaban J connectivity index is 1.82. The van der Waals surface area contributed by atoms with E-state index in [9.17, 15) is 4.79 Å². The van der Waals surface area contributed by atoms with Crippen molar-refractivity contribution < 1.29 is 14.3 Å². The van der Waals surface area contributed by atoms with Crippen molar-refractivity contribution in [3.63, 3.8) is 0 Å². The average Bonchev–Trinajstić information content (AvgIpc) is 4.00. The van der Waals surface area contributed by atoms with Crippen LogP contribution in [-0.4, -0.2) is 40.1 Å². The second-order valence-electron chi connectivity index (χ2n) is 15.0. The number of allylic oxidation sites excluding steroid dienone is 4. The Labute approximate surface area is 343 Å². The topological polar surface area (TPSA) is 92.9 Å². The maximum Gasteiger partial charge on any atom is 0.338 e. The van der Waals surface area contributed by atoms with Gasteiger partial charge in [-0.2, -0.15) is 0 Å². The third-order valence-electron chi connectivity index (χ3n) is 12.2. The Hall–Kier alpha value is -5.69. The van der Waals surface area contributed by atoms with Crippen molar-refractivity contribution in [2.45, 2.75) is 107 Å². The van der Waals surface area contributed by atoms with Crippen LogP contribution in [0.15, 0.2) is 60.7 Å². The largest absolute Gasteiger partial charge is 0.497 e. The molecule has 0 aliphatic carbocycles. The first-order chi connectivity index (χ1) is 28.2. The highest BCUT2D eigenvalue weighted by Crippen LogP contribution is 2.46. The highest BCUT2D eigenvalue weighted by molar-refractivity contribution is 6.07. The molecule has 2 aromatic carbocycles. The van der Waals surface area contributed by atoms with Crippen molar-refractivity contribution >= 4 is 50.3 Å². The van der Waals surface area contributed by atoms with Crippen molar-refractivity contribution in [3.05, 3.63) is 111 Å². The van der Waals surface area contributed by atoms with Crippen molar-refractivity contribution in [3.8, 4) is 28.0 Å². The number of H-pyrrole nitrogens is 2. The molecule has 2 aliphatic heterocycles. The summed E-state index contributed by atoms with van der Waals surface area (Å²) in [6.45, 7) is 17.9. The zero-order valence-corrected chi connectivity index (χ0v) is 36.0. The summed E-state index contributed by atoms with van der Waals surface area (Å²) in [5.41, 5.74) is 22.5. The van der Waals surface area contributed by atoms with Gasteiger partial charge in [-0.15, -0.1) is 0 Å². The molecule has 0 saturated heterocycles. The second-order valence-corrected chi connectivity index (χ2v) is 15.0. The summed E-state index contributed by atoms with van der Waals surface area (Å²) in [6.07, 6.45) is 6.65. The number of aromatic amines is 2. The maximum absolute atomic E-state index is 13.6. The number of nitrogens with one attached hydrogen (secondary N) is 2. The van der Waals surface area contributed by atoms with E-state index >= 15 is 0 Å². The number of benzene rings is 2. The third kappa shape index (κ3) is 6.68. The number of aryl methyl sites for hydroxylation is 4. The van der Waals surface area contributed by atoms with E-state index in [4.69, 9.17) is 19.4 Å². The SMILES string of the molecule is CCC1=C(CC)c2nc1cc1[nH]c(c(CC)c1CC)c(-c1ccccc1C(=O)OC)c1nc(cc3[nH]c(c(CC)c3CC)c2-c2ccc(OC)cc2)C(CC)=C1CC.